The minimum Gasteiger partial charge on any atom is -0.398 e. The number of nitrogen functional groups attached to an aromatic ring is 1. The van der Waals surface area contributed by atoms with E-state index in [9.17, 15) is 8.42 Å². The highest BCUT2D eigenvalue weighted by Gasteiger charge is 2.20. The van der Waals surface area contributed by atoms with Gasteiger partial charge in [0, 0.05) is 18.7 Å². The Balaban J connectivity index is 1.93. The quantitative estimate of drug-likeness (QED) is 0.621. The summed E-state index contributed by atoms with van der Waals surface area (Å²) in [4.78, 5) is 2.03. The summed E-state index contributed by atoms with van der Waals surface area (Å²) in [6, 6.07) is 5.26. The van der Waals surface area contributed by atoms with Crippen LogP contribution in [0.25, 0.3) is 0 Å². The largest absolute Gasteiger partial charge is 0.398 e. The summed E-state index contributed by atoms with van der Waals surface area (Å²) in [6.45, 7) is 1.68. The molecular weight excluding hydrogens is 284 g/mol. The van der Waals surface area contributed by atoms with Crippen LogP contribution in [-0.4, -0.2) is 44.5 Å². The number of sulfone groups is 1. The van der Waals surface area contributed by atoms with Gasteiger partial charge >= 0.3 is 0 Å². The molecule has 0 aromatic heterocycles. The number of hydrogen-bond donors (Lipinski definition) is 1. The standard InChI is InChI=1S/C13H15ClN2O2S/c14-12-10-11(3-4-13(12)15)2-1-5-16-6-8-19(17,18)9-7-16/h3-4,10H,5-9,15H2. The lowest BCUT2D eigenvalue weighted by Gasteiger charge is -2.24. The van der Waals surface area contributed by atoms with E-state index < -0.39 is 9.84 Å². The molecule has 1 saturated heterocycles. The molecule has 1 aromatic rings. The van der Waals surface area contributed by atoms with E-state index in [1.165, 1.54) is 0 Å². The van der Waals surface area contributed by atoms with Crippen LogP contribution in [0.4, 0.5) is 5.69 Å². The van der Waals surface area contributed by atoms with Crippen LogP contribution in [0.5, 0.6) is 0 Å². The van der Waals surface area contributed by atoms with Gasteiger partial charge in [0.2, 0.25) is 0 Å². The molecule has 0 atom stereocenters. The Morgan fingerprint density at radius 2 is 2.00 bits per heavy atom. The van der Waals surface area contributed by atoms with Crippen LogP contribution < -0.4 is 5.73 Å². The van der Waals surface area contributed by atoms with Crippen molar-refractivity contribution in [2.45, 2.75) is 0 Å². The third-order valence-corrected chi connectivity index (χ3v) is 4.91. The minimum atomic E-state index is -2.82. The number of anilines is 1. The maximum atomic E-state index is 11.3. The van der Waals surface area contributed by atoms with Crippen LogP contribution in [0.1, 0.15) is 5.56 Å². The Bertz CT molecular complexity index is 618. The molecule has 0 aliphatic carbocycles. The van der Waals surface area contributed by atoms with E-state index in [1.807, 2.05) is 11.0 Å². The Hall–Kier alpha value is -1.22. The number of halogens is 1. The predicted molar refractivity (Wildman–Crippen MR) is 77.8 cm³/mol. The number of rotatable bonds is 1. The highest BCUT2D eigenvalue weighted by molar-refractivity contribution is 7.91. The number of nitrogens with two attached hydrogens (primary N) is 1. The highest BCUT2D eigenvalue weighted by Crippen LogP contribution is 2.18. The second kappa shape index (κ2) is 5.83. The van der Waals surface area contributed by atoms with Crippen LogP contribution in [0.15, 0.2) is 18.2 Å². The molecule has 1 aliphatic rings. The van der Waals surface area contributed by atoms with Crippen LogP contribution in [0, 0.1) is 11.8 Å². The average Bonchev–Trinajstić information content (AvgIpc) is 2.36. The Labute approximate surface area is 118 Å². The lowest BCUT2D eigenvalue weighted by Crippen LogP contribution is -2.40. The average molecular weight is 299 g/mol. The molecule has 0 radical (unpaired) electrons. The molecule has 1 aliphatic heterocycles. The maximum absolute atomic E-state index is 11.3. The third kappa shape index (κ3) is 4.13. The molecule has 0 spiro atoms. The lowest BCUT2D eigenvalue weighted by molar-refractivity contribution is 0.332. The van der Waals surface area contributed by atoms with Gasteiger partial charge in [-0.2, -0.15) is 0 Å². The summed E-state index contributed by atoms with van der Waals surface area (Å²) in [5, 5.41) is 0.496. The van der Waals surface area contributed by atoms with Gasteiger partial charge in [-0.1, -0.05) is 23.4 Å². The van der Waals surface area contributed by atoms with Crippen molar-refractivity contribution in [3.05, 3.63) is 28.8 Å². The molecule has 0 bridgehead atoms. The summed E-state index contributed by atoms with van der Waals surface area (Å²) in [6.07, 6.45) is 0. The molecule has 2 rings (SSSR count). The van der Waals surface area contributed by atoms with Crippen molar-refractivity contribution in [1.29, 1.82) is 0 Å². The van der Waals surface area contributed by atoms with E-state index in [0.717, 1.165) is 5.56 Å². The molecule has 1 heterocycles. The summed E-state index contributed by atoms with van der Waals surface area (Å²) in [5.74, 6) is 6.48. The first-order valence-electron chi connectivity index (χ1n) is 5.93. The zero-order valence-corrected chi connectivity index (χ0v) is 12.0. The second-order valence-electron chi connectivity index (χ2n) is 4.47. The van der Waals surface area contributed by atoms with Gasteiger partial charge in [-0.05, 0) is 18.2 Å². The van der Waals surface area contributed by atoms with Crippen molar-refractivity contribution in [1.82, 2.24) is 4.90 Å². The molecule has 6 heteroatoms. The van der Waals surface area contributed by atoms with Crippen molar-refractivity contribution >= 4 is 27.1 Å². The van der Waals surface area contributed by atoms with E-state index >= 15 is 0 Å². The van der Waals surface area contributed by atoms with E-state index in [-0.39, 0.29) is 11.5 Å². The zero-order valence-electron chi connectivity index (χ0n) is 10.4. The molecule has 2 N–H and O–H groups in total. The first kappa shape index (κ1) is 14.2. The van der Waals surface area contributed by atoms with E-state index in [1.54, 1.807) is 12.1 Å². The van der Waals surface area contributed by atoms with Crippen LogP contribution >= 0.6 is 11.6 Å². The van der Waals surface area contributed by atoms with Crippen molar-refractivity contribution < 1.29 is 8.42 Å². The zero-order chi connectivity index (χ0) is 13.9. The normalized spacial score (nSPS) is 18.6. The molecule has 19 heavy (non-hydrogen) atoms. The highest BCUT2D eigenvalue weighted by atomic mass is 35.5. The first-order chi connectivity index (χ1) is 8.96. The molecular formula is C13H15ClN2O2S. The summed E-state index contributed by atoms with van der Waals surface area (Å²) >= 11 is 5.90. The SMILES string of the molecule is Nc1ccc(C#CCN2CCS(=O)(=O)CC2)cc1Cl. The van der Waals surface area contributed by atoms with Gasteiger partial charge in [0.15, 0.2) is 9.84 Å². The van der Waals surface area contributed by atoms with Crippen LogP contribution in [0.3, 0.4) is 0 Å². The van der Waals surface area contributed by atoms with Gasteiger partial charge in [0.25, 0.3) is 0 Å². The minimum absolute atomic E-state index is 0.225. The van der Waals surface area contributed by atoms with E-state index in [4.69, 9.17) is 17.3 Å². The van der Waals surface area contributed by atoms with Gasteiger partial charge < -0.3 is 5.73 Å². The maximum Gasteiger partial charge on any atom is 0.152 e. The molecule has 0 unspecified atom stereocenters. The fourth-order valence-electron chi connectivity index (χ4n) is 1.77. The third-order valence-electron chi connectivity index (χ3n) is 2.97. The van der Waals surface area contributed by atoms with Gasteiger partial charge in [-0.15, -0.1) is 0 Å². The molecule has 0 amide bonds. The topological polar surface area (TPSA) is 63.4 Å². The van der Waals surface area contributed by atoms with Gasteiger partial charge in [-0.3, -0.25) is 4.90 Å². The number of nitrogens with zero attached hydrogens (tertiary/aromatic N) is 1. The fraction of sp³-hybridized carbons (Fsp3) is 0.385. The molecule has 1 fully saturated rings. The van der Waals surface area contributed by atoms with Crippen LogP contribution in [-0.2, 0) is 9.84 Å². The van der Waals surface area contributed by atoms with Gasteiger partial charge in [0.05, 0.1) is 28.8 Å². The van der Waals surface area contributed by atoms with Crippen molar-refractivity contribution in [3.8, 4) is 11.8 Å². The van der Waals surface area contributed by atoms with E-state index in [2.05, 4.69) is 11.8 Å². The first-order valence-corrected chi connectivity index (χ1v) is 8.13. The van der Waals surface area contributed by atoms with Crippen LogP contribution in [0.2, 0.25) is 5.02 Å². The predicted octanol–water partition coefficient (Wildman–Crippen LogP) is 1.00. The van der Waals surface area contributed by atoms with Crippen molar-refractivity contribution in [3.63, 3.8) is 0 Å². The van der Waals surface area contributed by atoms with Crippen molar-refractivity contribution in [2.75, 3.05) is 36.9 Å². The number of hydrogen-bond acceptors (Lipinski definition) is 4. The lowest BCUT2D eigenvalue weighted by atomic mass is 10.2. The van der Waals surface area contributed by atoms with Gasteiger partial charge in [-0.25, -0.2) is 8.42 Å². The molecule has 1 aromatic carbocycles. The molecule has 0 saturated carbocycles. The summed E-state index contributed by atoms with van der Waals surface area (Å²) < 4.78 is 22.5. The Morgan fingerprint density at radius 1 is 1.32 bits per heavy atom. The second-order valence-corrected chi connectivity index (χ2v) is 7.18. The van der Waals surface area contributed by atoms with E-state index in [0.29, 0.717) is 30.3 Å². The van der Waals surface area contributed by atoms with Gasteiger partial charge in [0.1, 0.15) is 0 Å². The van der Waals surface area contributed by atoms with Crippen molar-refractivity contribution in [2.24, 2.45) is 0 Å². The Morgan fingerprint density at radius 3 is 2.63 bits per heavy atom. The summed E-state index contributed by atoms with van der Waals surface area (Å²) in [7, 11) is -2.82. The number of benzene rings is 1. The molecule has 102 valence electrons. The fourth-order valence-corrected chi connectivity index (χ4v) is 3.22. The Kier molecular flexibility index (Phi) is 4.35. The molecule has 4 nitrogen and oxygen atoms in total. The summed E-state index contributed by atoms with van der Waals surface area (Å²) in [5.41, 5.74) is 6.96. The monoisotopic (exact) mass is 298 g/mol. The smallest absolute Gasteiger partial charge is 0.152 e.